The molecule has 1 aliphatic rings. The van der Waals surface area contributed by atoms with Gasteiger partial charge in [-0.15, -0.1) is 0 Å². The van der Waals surface area contributed by atoms with E-state index in [0.29, 0.717) is 0 Å². The second-order valence-electron chi connectivity index (χ2n) is 3.00. The van der Waals surface area contributed by atoms with Gasteiger partial charge < -0.3 is 0 Å². The Labute approximate surface area is 72.0 Å². The number of hydrogen-bond acceptors (Lipinski definition) is 1. The second-order valence-corrected chi connectivity index (χ2v) is 4.07. The molecule has 1 radical (unpaired) electrons. The van der Waals surface area contributed by atoms with E-state index in [1.807, 2.05) is 12.1 Å². The van der Waals surface area contributed by atoms with Gasteiger partial charge in [-0.05, 0) is 35.5 Å². The van der Waals surface area contributed by atoms with Crippen LogP contribution < -0.4 is 0 Å². The molecule has 0 amide bonds. The highest BCUT2D eigenvalue weighted by atomic mass is 32.2. The van der Waals surface area contributed by atoms with Crippen LogP contribution in [0.5, 0.6) is 0 Å². The zero-order valence-electron chi connectivity index (χ0n) is 6.42. The molecular formula is C10H11S. The predicted molar refractivity (Wildman–Crippen MR) is 49.8 cm³/mol. The van der Waals surface area contributed by atoms with Crippen molar-refractivity contribution in [2.24, 2.45) is 5.92 Å². The van der Waals surface area contributed by atoms with Crippen LogP contribution in [0.3, 0.4) is 0 Å². The molecule has 0 spiro atoms. The minimum atomic E-state index is 0.929. The van der Waals surface area contributed by atoms with Crippen molar-refractivity contribution < 1.29 is 0 Å². The monoisotopic (exact) mass is 163 g/mol. The van der Waals surface area contributed by atoms with Crippen LogP contribution >= 0.6 is 11.8 Å². The molecule has 1 heteroatoms. The lowest BCUT2D eigenvalue weighted by Gasteiger charge is -2.24. The van der Waals surface area contributed by atoms with Crippen molar-refractivity contribution in [2.45, 2.75) is 6.42 Å². The highest BCUT2D eigenvalue weighted by molar-refractivity contribution is 8.00. The summed E-state index contributed by atoms with van der Waals surface area (Å²) in [4.78, 5) is 0. The Morgan fingerprint density at radius 3 is 2.91 bits per heavy atom. The molecule has 0 aromatic heterocycles. The average molecular weight is 163 g/mol. The summed E-state index contributed by atoms with van der Waals surface area (Å²) in [6.45, 7) is 0. The Hall–Kier alpha value is -0.430. The van der Waals surface area contributed by atoms with E-state index in [1.54, 1.807) is 0 Å². The molecule has 57 valence electrons. The molecule has 1 aliphatic heterocycles. The Morgan fingerprint density at radius 2 is 2.36 bits per heavy atom. The van der Waals surface area contributed by atoms with Gasteiger partial charge in [0.15, 0.2) is 0 Å². The average Bonchev–Trinajstić information content (AvgIpc) is 1.99. The Kier molecular flexibility index (Phi) is 2.18. The summed E-state index contributed by atoms with van der Waals surface area (Å²) in [5.74, 6) is 3.63. The maximum absolute atomic E-state index is 3.26. The zero-order chi connectivity index (χ0) is 7.52. The van der Waals surface area contributed by atoms with Gasteiger partial charge >= 0.3 is 0 Å². The van der Waals surface area contributed by atoms with E-state index >= 15 is 0 Å². The normalized spacial score (nSPS) is 17.8. The summed E-state index contributed by atoms with van der Waals surface area (Å²) >= 11 is 2.05. The summed E-state index contributed by atoms with van der Waals surface area (Å²) < 4.78 is 0. The fourth-order valence-electron chi connectivity index (χ4n) is 1.27. The summed E-state index contributed by atoms with van der Waals surface area (Å²) in [5, 5.41) is 0. The lowest BCUT2D eigenvalue weighted by atomic mass is 10.0. The first kappa shape index (κ1) is 7.23. The van der Waals surface area contributed by atoms with Crippen molar-refractivity contribution in [3.05, 3.63) is 35.9 Å². The SMILES string of the molecule is [c]1ccccc1CC1CSC1. The standard InChI is InChI=1S/C10H11S/c1-2-4-9(5-3-1)6-10-7-11-8-10/h1-4,10H,6-8H2. The fraction of sp³-hybridized carbons (Fsp3) is 0.400. The first-order valence-corrected chi connectivity index (χ1v) is 5.14. The predicted octanol–water partition coefficient (Wildman–Crippen LogP) is 2.39. The third kappa shape index (κ3) is 1.78. The van der Waals surface area contributed by atoms with Crippen LogP contribution in [-0.2, 0) is 6.42 Å². The molecule has 1 saturated heterocycles. The molecule has 1 aromatic carbocycles. The molecule has 0 nitrogen and oxygen atoms in total. The topological polar surface area (TPSA) is 0 Å². The van der Waals surface area contributed by atoms with Crippen molar-refractivity contribution in [1.29, 1.82) is 0 Å². The van der Waals surface area contributed by atoms with Gasteiger partial charge in [0.1, 0.15) is 0 Å². The molecule has 0 atom stereocenters. The molecule has 1 aromatic rings. The minimum absolute atomic E-state index is 0.929. The molecule has 0 bridgehead atoms. The number of hydrogen-bond donors (Lipinski definition) is 0. The number of rotatable bonds is 2. The third-order valence-corrected chi connectivity index (χ3v) is 3.40. The van der Waals surface area contributed by atoms with E-state index in [1.165, 1.54) is 23.5 Å². The maximum atomic E-state index is 3.26. The van der Waals surface area contributed by atoms with Crippen LogP contribution in [0.25, 0.3) is 0 Å². The van der Waals surface area contributed by atoms with Crippen LogP contribution in [0.4, 0.5) is 0 Å². The van der Waals surface area contributed by atoms with Crippen molar-refractivity contribution >= 4 is 11.8 Å². The Morgan fingerprint density at radius 1 is 1.45 bits per heavy atom. The van der Waals surface area contributed by atoms with Crippen molar-refractivity contribution in [3.8, 4) is 0 Å². The number of thioether (sulfide) groups is 1. The van der Waals surface area contributed by atoms with Gasteiger partial charge in [-0.2, -0.15) is 11.8 Å². The van der Waals surface area contributed by atoms with E-state index in [9.17, 15) is 0 Å². The molecule has 0 unspecified atom stereocenters. The second kappa shape index (κ2) is 3.31. The van der Waals surface area contributed by atoms with Gasteiger partial charge in [-0.3, -0.25) is 0 Å². The van der Waals surface area contributed by atoms with Gasteiger partial charge in [0.25, 0.3) is 0 Å². The van der Waals surface area contributed by atoms with E-state index in [-0.39, 0.29) is 0 Å². The molecule has 1 heterocycles. The van der Waals surface area contributed by atoms with E-state index in [2.05, 4.69) is 30.0 Å². The van der Waals surface area contributed by atoms with Gasteiger partial charge in [-0.1, -0.05) is 24.3 Å². The van der Waals surface area contributed by atoms with Crippen molar-refractivity contribution in [1.82, 2.24) is 0 Å². The molecule has 0 N–H and O–H groups in total. The van der Waals surface area contributed by atoms with E-state index in [0.717, 1.165) is 5.92 Å². The lowest BCUT2D eigenvalue weighted by molar-refractivity contribution is 0.637. The molecule has 0 aliphatic carbocycles. The number of benzene rings is 1. The largest absolute Gasteiger partial charge is 0.161 e. The quantitative estimate of drug-likeness (QED) is 0.645. The van der Waals surface area contributed by atoms with Crippen molar-refractivity contribution in [3.63, 3.8) is 0 Å². The van der Waals surface area contributed by atoms with Crippen molar-refractivity contribution in [2.75, 3.05) is 11.5 Å². The van der Waals surface area contributed by atoms with Gasteiger partial charge in [0.05, 0.1) is 0 Å². The summed E-state index contributed by atoms with van der Waals surface area (Å²) in [5.41, 5.74) is 1.37. The highest BCUT2D eigenvalue weighted by Gasteiger charge is 2.17. The third-order valence-electron chi connectivity index (χ3n) is 1.99. The van der Waals surface area contributed by atoms with Crippen LogP contribution in [0.15, 0.2) is 24.3 Å². The van der Waals surface area contributed by atoms with E-state index in [4.69, 9.17) is 0 Å². The summed E-state index contributed by atoms with van der Waals surface area (Å²) in [6, 6.07) is 11.6. The lowest BCUT2D eigenvalue weighted by Crippen LogP contribution is -2.20. The van der Waals surface area contributed by atoms with Crippen LogP contribution in [-0.4, -0.2) is 11.5 Å². The van der Waals surface area contributed by atoms with Crippen LogP contribution in [0.2, 0.25) is 0 Å². The van der Waals surface area contributed by atoms with Gasteiger partial charge in [0.2, 0.25) is 0 Å². The zero-order valence-corrected chi connectivity index (χ0v) is 7.23. The Balaban J connectivity index is 1.95. The first-order chi connectivity index (χ1) is 5.45. The molecule has 11 heavy (non-hydrogen) atoms. The van der Waals surface area contributed by atoms with Gasteiger partial charge in [-0.25, -0.2) is 0 Å². The van der Waals surface area contributed by atoms with Crippen LogP contribution in [0, 0.1) is 12.0 Å². The van der Waals surface area contributed by atoms with E-state index < -0.39 is 0 Å². The molecule has 1 fully saturated rings. The fourth-order valence-corrected chi connectivity index (χ4v) is 2.08. The summed E-state index contributed by atoms with van der Waals surface area (Å²) in [6.07, 6.45) is 1.23. The Bertz CT molecular complexity index is 214. The van der Waals surface area contributed by atoms with Gasteiger partial charge in [0, 0.05) is 0 Å². The molecule has 2 rings (SSSR count). The minimum Gasteiger partial charge on any atom is -0.161 e. The molecule has 0 saturated carbocycles. The molecular weight excluding hydrogens is 152 g/mol. The van der Waals surface area contributed by atoms with Crippen LogP contribution in [0.1, 0.15) is 5.56 Å². The summed E-state index contributed by atoms with van der Waals surface area (Å²) in [7, 11) is 0. The first-order valence-electron chi connectivity index (χ1n) is 3.98. The smallest absolute Gasteiger partial charge is 0.00280 e. The highest BCUT2D eigenvalue weighted by Crippen LogP contribution is 2.27. The maximum Gasteiger partial charge on any atom is -0.00280 e.